The molecule has 2 aliphatic rings. The van der Waals surface area contributed by atoms with Gasteiger partial charge in [-0.25, -0.2) is 4.98 Å². The number of anilines is 1. The molecule has 0 aliphatic heterocycles. The van der Waals surface area contributed by atoms with Crippen LogP contribution in [-0.4, -0.2) is 33.6 Å². The first-order valence-corrected chi connectivity index (χ1v) is 12.2. The lowest BCUT2D eigenvalue weighted by molar-refractivity contribution is -0.136. The zero-order valence-corrected chi connectivity index (χ0v) is 18.5. The maximum absolute atomic E-state index is 12.6. The van der Waals surface area contributed by atoms with Crippen LogP contribution < -0.4 is 10.6 Å². The summed E-state index contributed by atoms with van der Waals surface area (Å²) in [5.74, 6) is 1.14. The molecule has 0 radical (unpaired) electrons. The highest BCUT2D eigenvalue weighted by atomic mass is 32.1. The lowest BCUT2D eigenvalue weighted by Gasteiger charge is -2.38. The Morgan fingerprint density at radius 1 is 1.07 bits per heavy atom. The number of carboxylic acid groups (broad SMARTS) is 1. The van der Waals surface area contributed by atoms with Crippen molar-refractivity contribution >= 4 is 28.3 Å². The summed E-state index contributed by atoms with van der Waals surface area (Å²) in [6.07, 6.45) is 15.1. The lowest BCUT2D eigenvalue weighted by atomic mass is 9.68. The summed E-state index contributed by atoms with van der Waals surface area (Å²) in [5, 5.41) is 24.4. The first-order chi connectivity index (χ1) is 14.5. The van der Waals surface area contributed by atoms with Gasteiger partial charge in [0.25, 0.3) is 0 Å². The maximum atomic E-state index is 12.6. The minimum atomic E-state index is -1.11. The highest BCUT2D eigenvalue weighted by Gasteiger charge is 2.31. The summed E-state index contributed by atoms with van der Waals surface area (Å²) in [6, 6.07) is 0. The van der Waals surface area contributed by atoms with E-state index >= 15 is 0 Å². The Bertz CT molecular complexity index is 666. The molecule has 1 amide bonds. The van der Waals surface area contributed by atoms with Gasteiger partial charge in [-0.2, -0.15) is 0 Å². The number of carbonyl (C=O) groups is 2. The van der Waals surface area contributed by atoms with E-state index in [9.17, 15) is 14.7 Å². The number of thiazole rings is 1. The molecule has 3 rings (SSSR count). The number of aliphatic hydroxyl groups is 1. The number of nitrogens with zero attached hydrogens (tertiary/aromatic N) is 1. The second kappa shape index (κ2) is 11.8. The molecule has 0 spiro atoms. The molecule has 1 aromatic heterocycles. The van der Waals surface area contributed by atoms with E-state index in [1.54, 1.807) is 0 Å². The fourth-order valence-corrected chi connectivity index (χ4v) is 6.01. The number of rotatable bonds is 10. The Balaban J connectivity index is 1.50. The number of nitrogens with one attached hydrogen (secondary N) is 2. The molecule has 0 saturated heterocycles. The van der Waals surface area contributed by atoms with Crippen LogP contribution in [0, 0.1) is 17.8 Å². The number of aliphatic hydroxyl groups excluding tert-OH is 1. The monoisotopic (exact) mass is 437 g/mol. The highest BCUT2D eigenvalue weighted by Crippen LogP contribution is 2.42. The second-order valence-corrected chi connectivity index (χ2v) is 9.85. The number of carbonyl (C=O) groups excluding carboxylic acids is 1. The molecule has 1 aromatic rings. The maximum Gasteiger partial charge on any atom is 0.317 e. The Kier molecular flexibility index (Phi) is 9.08. The van der Waals surface area contributed by atoms with Gasteiger partial charge in [0.05, 0.1) is 11.4 Å². The average molecular weight is 438 g/mol. The quantitative estimate of drug-likeness (QED) is 0.406. The van der Waals surface area contributed by atoms with Crippen LogP contribution in [0.1, 0.15) is 88.2 Å². The van der Waals surface area contributed by atoms with E-state index in [0.717, 1.165) is 29.6 Å². The zero-order valence-electron chi connectivity index (χ0n) is 17.6. The Hall–Kier alpha value is -1.51. The normalized spacial score (nSPS) is 19.7. The fraction of sp³-hybridized carbons (Fsp3) is 0.773. The molecule has 30 heavy (non-hydrogen) atoms. The zero-order chi connectivity index (χ0) is 21.3. The predicted octanol–water partition coefficient (Wildman–Crippen LogP) is 4.30. The van der Waals surface area contributed by atoms with Crippen LogP contribution in [0.25, 0.3) is 0 Å². The van der Waals surface area contributed by atoms with Crippen molar-refractivity contribution in [2.75, 3.05) is 11.9 Å². The molecule has 2 fully saturated rings. The van der Waals surface area contributed by atoms with Crippen molar-refractivity contribution in [3.63, 3.8) is 0 Å². The molecular weight excluding hydrogens is 402 g/mol. The first kappa shape index (κ1) is 23.2. The van der Waals surface area contributed by atoms with E-state index in [-0.39, 0.29) is 12.5 Å². The van der Waals surface area contributed by atoms with Crippen molar-refractivity contribution in [2.45, 2.75) is 83.3 Å². The van der Waals surface area contributed by atoms with Crippen molar-refractivity contribution in [3.8, 4) is 0 Å². The molecule has 0 aromatic carbocycles. The van der Waals surface area contributed by atoms with Crippen LogP contribution in [0.5, 0.6) is 0 Å². The topological polar surface area (TPSA) is 112 Å². The summed E-state index contributed by atoms with van der Waals surface area (Å²) in [4.78, 5) is 27.8. The van der Waals surface area contributed by atoms with Gasteiger partial charge in [0.1, 0.15) is 6.23 Å². The third kappa shape index (κ3) is 7.03. The smallest absolute Gasteiger partial charge is 0.317 e. The van der Waals surface area contributed by atoms with Crippen LogP contribution in [-0.2, 0) is 9.59 Å². The molecule has 1 unspecified atom stereocenters. The van der Waals surface area contributed by atoms with Gasteiger partial charge in [0.2, 0.25) is 5.91 Å². The van der Waals surface area contributed by atoms with Crippen molar-refractivity contribution in [1.82, 2.24) is 10.3 Å². The van der Waals surface area contributed by atoms with Gasteiger partial charge in [0.15, 0.2) is 5.13 Å². The molecule has 1 heterocycles. The number of hydrogen-bond donors (Lipinski definition) is 4. The number of hydrogen-bond acceptors (Lipinski definition) is 6. The Morgan fingerprint density at radius 2 is 1.67 bits per heavy atom. The summed E-state index contributed by atoms with van der Waals surface area (Å²) in [6.45, 7) is -0.343. The third-order valence-electron chi connectivity index (χ3n) is 6.70. The van der Waals surface area contributed by atoms with Gasteiger partial charge in [-0.15, -0.1) is 0 Å². The summed E-state index contributed by atoms with van der Waals surface area (Å²) in [7, 11) is 0. The largest absolute Gasteiger partial charge is 0.480 e. The minimum absolute atomic E-state index is 0.0273. The molecule has 8 heteroatoms. The second-order valence-electron chi connectivity index (χ2n) is 8.79. The highest BCUT2D eigenvalue weighted by molar-refractivity contribution is 7.15. The number of aromatic nitrogens is 1. The molecule has 4 N–H and O–H groups in total. The van der Waals surface area contributed by atoms with E-state index in [2.05, 4.69) is 15.6 Å². The van der Waals surface area contributed by atoms with Crippen molar-refractivity contribution < 1.29 is 19.8 Å². The molecule has 1 atom stereocenters. The molecule has 2 saturated carbocycles. The fourth-order valence-electron chi connectivity index (χ4n) is 5.22. The Labute approximate surface area is 182 Å². The van der Waals surface area contributed by atoms with Crippen LogP contribution in [0.3, 0.4) is 0 Å². The van der Waals surface area contributed by atoms with Gasteiger partial charge < -0.3 is 15.5 Å². The molecule has 7 nitrogen and oxygen atoms in total. The van der Waals surface area contributed by atoms with Crippen molar-refractivity contribution in [3.05, 3.63) is 11.1 Å². The molecule has 0 bridgehead atoms. The molecule has 168 valence electrons. The molecular formula is C22H35N3O4S. The van der Waals surface area contributed by atoms with E-state index in [1.165, 1.54) is 70.4 Å². The van der Waals surface area contributed by atoms with Gasteiger partial charge >= 0.3 is 5.97 Å². The third-order valence-corrected chi connectivity index (χ3v) is 7.67. The SMILES string of the molecule is O=C(O)CNC(O)c1cnc(NC(=O)CCC(C2CCCCC2)C2CCCCC2)s1. The van der Waals surface area contributed by atoms with Crippen LogP contribution in [0.2, 0.25) is 0 Å². The average Bonchev–Trinajstić information content (AvgIpc) is 3.22. The summed E-state index contributed by atoms with van der Waals surface area (Å²) in [5.41, 5.74) is 0. The van der Waals surface area contributed by atoms with Gasteiger partial charge in [-0.05, 0) is 24.2 Å². The van der Waals surface area contributed by atoms with Gasteiger partial charge in [0, 0.05) is 12.6 Å². The predicted molar refractivity (Wildman–Crippen MR) is 117 cm³/mol. The van der Waals surface area contributed by atoms with Crippen LogP contribution in [0.4, 0.5) is 5.13 Å². The van der Waals surface area contributed by atoms with Crippen molar-refractivity contribution in [2.24, 2.45) is 17.8 Å². The lowest BCUT2D eigenvalue weighted by Crippen LogP contribution is -2.28. The summed E-state index contributed by atoms with van der Waals surface area (Å²) >= 11 is 1.16. The number of amides is 1. The van der Waals surface area contributed by atoms with Crippen LogP contribution in [0.15, 0.2) is 6.20 Å². The van der Waals surface area contributed by atoms with E-state index < -0.39 is 12.2 Å². The van der Waals surface area contributed by atoms with Crippen molar-refractivity contribution in [1.29, 1.82) is 0 Å². The molecule has 2 aliphatic carbocycles. The van der Waals surface area contributed by atoms with E-state index in [0.29, 0.717) is 22.3 Å². The van der Waals surface area contributed by atoms with E-state index in [1.807, 2.05) is 0 Å². The van der Waals surface area contributed by atoms with E-state index in [4.69, 9.17) is 5.11 Å². The van der Waals surface area contributed by atoms with Gasteiger partial charge in [-0.1, -0.05) is 75.5 Å². The first-order valence-electron chi connectivity index (χ1n) is 11.4. The minimum Gasteiger partial charge on any atom is -0.480 e. The standard InChI is InChI=1S/C22H35N3O4S/c26-19(25-22-24-13-18(30-22)21(29)23-14-20(27)28)12-11-17(15-7-3-1-4-8-15)16-9-5-2-6-10-16/h13,15-17,21,23,29H,1-12,14H2,(H,27,28)(H,24,25,26). The summed E-state index contributed by atoms with van der Waals surface area (Å²) < 4.78 is 0. The Morgan fingerprint density at radius 3 is 2.23 bits per heavy atom. The van der Waals surface area contributed by atoms with Crippen LogP contribution >= 0.6 is 11.3 Å². The van der Waals surface area contributed by atoms with Gasteiger partial charge in [-0.3, -0.25) is 14.9 Å². The number of aliphatic carboxylic acids is 1. The number of carboxylic acids is 1.